The van der Waals surface area contributed by atoms with E-state index in [2.05, 4.69) is 69.3 Å². The predicted molar refractivity (Wildman–Crippen MR) is 210 cm³/mol. The minimum Gasteiger partial charge on any atom is -0.392 e. The molecule has 1 aromatic carbocycles. The fourth-order valence-electron chi connectivity index (χ4n) is 12.9. The Hall–Kier alpha value is -3.79. The summed E-state index contributed by atoms with van der Waals surface area (Å²) in [6, 6.07) is 1.73. The van der Waals surface area contributed by atoms with E-state index in [9.17, 15) is 24.6 Å². The maximum Gasteiger partial charge on any atom is 0.247 e. The van der Waals surface area contributed by atoms with Gasteiger partial charge in [-0.2, -0.15) is 0 Å². The van der Waals surface area contributed by atoms with Crippen LogP contribution < -0.4 is 11.1 Å². The molecule has 9 nitrogen and oxygen atoms in total. The molecule has 0 bridgehead atoms. The van der Waals surface area contributed by atoms with Gasteiger partial charge in [0, 0.05) is 39.0 Å². The van der Waals surface area contributed by atoms with Crippen molar-refractivity contribution >= 4 is 34.1 Å². The number of rotatable bonds is 6. The highest BCUT2D eigenvalue weighted by atomic mass is 16.5. The van der Waals surface area contributed by atoms with Gasteiger partial charge in [0.1, 0.15) is 6.04 Å². The highest BCUT2D eigenvalue weighted by Crippen LogP contribution is 2.71. The monoisotopic (exact) mass is 735 g/mol. The van der Waals surface area contributed by atoms with Crippen LogP contribution in [0.4, 0.5) is 0 Å². The number of carbonyl (C=O) groups is 3. The number of nitrogens with two attached hydrogens (primary N) is 1. The zero-order valence-corrected chi connectivity index (χ0v) is 33.4. The summed E-state index contributed by atoms with van der Waals surface area (Å²) < 4.78 is 8.87. The van der Waals surface area contributed by atoms with Crippen LogP contribution >= 0.6 is 0 Å². The molecular weight excluding hydrogens is 679 g/mol. The second-order valence-corrected chi connectivity index (χ2v) is 19.2. The number of benzene rings is 1. The average Bonchev–Trinajstić information content (AvgIpc) is 3.74. The molecule has 1 aromatic heterocycles. The lowest BCUT2D eigenvalue weighted by Crippen LogP contribution is -2.62. The van der Waals surface area contributed by atoms with Crippen molar-refractivity contribution in [3.05, 3.63) is 76.0 Å². The van der Waals surface area contributed by atoms with E-state index >= 15 is 0 Å². The van der Waals surface area contributed by atoms with Crippen LogP contribution in [-0.2, 0) is 26.2 Å². The van der Waals surface area contributed by atoms with Crippen molar-refractivity contribution in [2.24, 2.45) is 34.3 Å². The number of aliphatic hydroxyl groups excluding tert-OH is 2. The summed E-state index contributed by atoms with van der Waals surface area (Å²) >= 11 is 0. The van der Waals surface area contributed by atoms with Crippen LogP contribution in [-0.4, -0.2) is 56.2 Å². The molecule has 2 saturated carbocycles. The number of ether oxygens (including phenoxy) is 1. The number of nitrogens with one attached hydrogen (secondary N) is 1. The molecule has 54 heavy (non-hydrogen) atoms. The molecule has 2 aliphatic heterocycles. The van der Waals surface area contributed by atoms with E-state index in [0.29, 0.717) is 23.5 Å². The Morgan fingerprint density at radius 3 is 2.46 bits per heavy atom. The van der Waals surface area contributed by atoms with E-state index in [1.165, 1.54) is 11.3 Å². The molecule has 2 unspecified atom stereocenters. The van der Waals surface area contributed by atoms with Gasteiger partial charge in [-0.3, -0.25) is 14.4 Å². The van der Waals surface area contributed by atoms with Crippen LogP contribution in [0.25, 0.3) is 16.5 Å². The highest BCUT2D eigenvalue weighted by molar-refractivity contribution is 6.18. The summed E-state index contributed by atoms with van der Waals surface area (Å²) in [7, 11) is 0. The fraction of sp³-hybridized carbons (Fsp3) is 0.578. The van der Waals surface area contributed by atoms with Gasteiger partial charge in [-0.1, -0.05) is 51.2 Å². The molecule has 9 heteroatoms. The summed E-state index contributed by atoms with van der Waals surface area (Å²) in [5.41, 5.74) is 11.1. The molecular formula is C45H57N3O6. The maximum absolute atomic E-state index is 14.9. The molecule has 3 heterocycles. The highest BCUT2D eigenvalue weighted by Gasteiger charge is 2.67. The number of amides is 2. The smallest absolute Gasteiger partial charge is 0.247 e. The number of fused-ring (bicyclic) bond motifs is 11. The lowest BCUT2D eigenvalue weighted by molar-refractivity contribution is -0.144. The molecule has 9 atom stereocenters. The van der Waals surface area contributed by atoms with E-state index in [1.807, 2.05) is 26.8 Å². The van der Waals surface area contributed by atoms with Gasteiger partial charge in [-0.25, -0.2) is 0 Å². The van der Waals surface area contributed by atoms with Crippen molar-refractivity contribution in [3.63, 3.8) is 0 Å². The molecule has 2 aromatic rings. The number of ketones is 1. The largest absolute Gasteiger partial charge is 0.392 e. The second-order valence-electron chi connectivity index (χ2n) is 19.2. The topological polar surface area (TPSA) is 144 Å². The molecule has 2 fully saturated rings. The van der Waals surface area contributed by atoms with Gasteiger partial charge in [-0.15, -0.1) is 0 Å². The van der Waals surface area contributed by atoms with E-state index in [0.717, 1.165) is 58.9 Å². The van der Waals surface area contributed by atoms with E-state index in [-0.39, 0.29) is 40.9 Å². The van der Waals surface area contributed by atoms with Gasteiger partial charge < -0.3 is 30.6 Å². The van der Waals surface area contributed by atoms with Crippen LogP contribution in [0.15, 0.2) is 48.1 Å². The zero-order valence-electron chi connectivity index (χ0n) is 33.4. The van der Waals surface area contributed by atoms with Crippen molar-refractivity contribution in [3.8, 4) is 0 Å². The van der Waals surface area contributed by atoms with Crippen molar-refractivity contribution in [2.75, 3.05) is 6.54 Å². The summed E-state index contributed by atoms with van der Waals surface area (Å²) in [4.78, 5) is 38.7. The number of allylic oxidation sites excluding steroid dienone is 3. The second kappa shape index (κ2) is 11.6. The SMILES string of the molecule is C=C(C)[C@H]1C(=O)c2c3c(cc4c5c(n1c24)[C@@]1(C)C(CC[C@H]2[C@](C)(/C=C/C=C(\C)C(=O)NCC(N)=O)[C@@H](O)CC[C@@]21C)C5)C1=CC(C)(C)OC(C)(C)C1[C@@H]3O. The lowest BCUT2D eigenvalue weighted by Gasteiger charge is -2.64. The number of hydrogen-bond donors (Lipinski definition) is 4. The molecule has 0 radical (unpaired) electrons. The number of primary amides is 1. The number of Topliss-reactive ketones (excluding diaryl/α,β-unsaturated/α-hetero) is 1. The van der Waals surface area contributed by atoms with Crippen LogP contribution in [0.2, 0.25) is 0 Å². The number of hydrogen-bond acceptors (Lipinski definition) is 6. The third kappa shape index (κ3) is 4.70. The van der Waals surface area contributed by atoms with Crippen LogP contribution in [0, 0.1) is 28.6 Å². The number of aliphatic hydroxyl groups is 2. The first-order valence-corrected chi connectivity index (χ1v) is 19.8. The standard InChI is InChI=1S/C45H57N3O6/c1-22(2)35-38(52)33-32-25(28-20-41(4,5)54-42(6,7)34(28)37(32)51)19-26-27-18-24-13-14-29-43(8,16-11-12-23(3)40(53)47-21-31(46)50)30(49)15-17-44(29,9)45(24,10)39(27)48(35)36(26)33/h11-12,16,19-20,24,29-30,34-35,37,49,51H,1,13-15,17-18,21H2,2-10H3,(H2,46,50)(H,47,53)/b16-11+,23-12+/t24?,29-,30-,34?,35-,37+,43-,44-,45+/m0/s1. The summed E-state index contributed by atoms with van der Waals surface area (Å²) in [5, 5.41) is 27.6. The Kier molecular flexibility index (Phi) is 7.99. The first-order valence-electron chi connectivity index (χ1n) is 19.8. The summed E-state index contributed by atoms with van der Waals surface area (Å²) in [5.74, 6) is -0.774. The molecule has 8 rings (SSSR count). The Balaban J connectivity index is 1.28. The summed E-state index contributed by atoms with van der Waals surface area (Å²) in [6.07, 6.45) is 10.7. The van der Waals surface area contributed by atoms with Crippen LogP contribution in [0.5, 0.6) is 0 Å². The first-order chi connectivity index (χ1) is 25.1. The molecule has 288 valence electrons. The first kappa shape index (κ1) is 37.1. The quantitative estimate of drug-likeness (QED) is 0.148. The molecule has 2 amide bonds. The molecule has 5 N–H and O–H groups in total. The Labute approximate surface area is 318 Å². The normalized spacial score (nSPS) is 37.1. The van der Waals surface area contributed by atoms with E-state index in [4.69, 9.17) is 10.5 Å². The maximum atomic E-state index is 14.9. The average molecular weight is 736 g/mol. The minimum absolute atomic E-state index is 0.0110. The molecule has 0 spiro atoms. The number of aromatic nitrogens is 1. The van der Waals surface area contributed by atoms with Gasteiger partial charge in [0.15, 0.2) is 5.78 Å². The van der Waals surface area contributed by atoms with Crippen molar-refractivity contribution in [1.82, 2.24) is 9.88 Å². The number of nitrogens with zero attached hydrogens (tertiary/aromatic N) is 1. The Bertz CT molecular complexity index is 2170. The third-order valence-corrected chi connectivity index (χ3v) is 15.2. The fourth-order valence-corrected chi connectivity index (χ4v) is 12.9. The lowest BCUT2D eigenvalue weighted by atomic mass is 9.40. The number of carbonyl (C=O) groups excluding carboxylic acids is 3. The minimum atomic E-state index is -0.873. The van der Waals surface area contributed by atoms with Crippen molar-refractivity contribution in [1.29, 1.82) is 0 Å². The predicted octanol–water partition coefficient (Wildman–Crippen LogP) is 6.70. The van der Waals surface area contributed by atoms with Crippen molar-refractivity contribution < 1.29 is 29.3 Å². The van der Waals surface area contributed by atoms with Crippen LogP contribution in [0.1, 0.15) is 133 Å². The van der Waals surface area contributed by atoms with Gasteiger partial charge >= 0.3 is 0 Å². The molecule has 6 aliphatic rings. The van der Waals surface area contributed by atoms with E-state index < -0.39 is 40.8 Å². The Morgan fingerprint density at radius 2 is 1.80 bits per heavy atom. The van der Waals surface area contributed by atoms with Gasteiger partial charge in [0.05, 0.1) is 41.0 Å². The molecule has 4 aliphatic carbocycles. The summed E-state index contributed by atoms with van der Waals surface area (Å²) in [6.45, 7) is 23.0. The zero-order chi connectivity index (χ0) is 39.2. The van der Waals surface area contributed by atoms with Crippen LogP contribution in [0.3, 0.4) is 0 Å². The van der Waals surface area contributed by atoms with Crippen molar-refractivity contribution in [2.45, 2.75) is 129 Å². The third-order valence-electron chi connectivity index (χ3n) is 15.2. The molecule has 0 saturated heterocycles. The van der Waals surface area contributed by atoms with E-state index in [1.54, 1.807) is 13.0 Å². The van der Waals surface area contributed by atoms with Gasteiger partial charge in [0.2, 0.25) is 11.8 Å². The van der Waals surface area contributed by atoms with Gasteiger partial charge in [-0.05, 0) is 120 Å². The van der Waals surface area contributed by atoms with Gasteiger partial charge in [0.25, 0.3) is 0 Å². The Morgan fingerprint density at radius 1 is 1.09 bits per heavy atom.